The number of aryl methyl sites for hydroxylation is 1. The molecule has 3 N–H and O–H groups in total. The van der Waals surface area contributed by atoms with E-state index in [9.17, 15) is 0 Å². The Hall–Kier alpha value is -2.14. The Morgan fingerprint density at radius 2 is 2.00 bits per heavy atom. The molecule has 0 saturated heterocycles. The lowest BCUT2D eigenvalue weighted by Gasteiger charge is -2.12. The lowest BCUT2D eigenvalue weighted by Crippen LogP contribution is -1.99. The van der Waals surface area contributed by atoms with Crippen molar-refractivity contribution in [1.82, 2.24) is 9.97 Å². The standard InChI is InChI=1S/C15H13BrN4/c1-9-5-6-10-3-2-4-13(14(10)19-9)20-15-11(16)7-18-8-12(15)17/h2-8H,17H2,1H3,(H,18,20). The number of anilines is 3. The Morgan fingerprint density at radius 1 is 1.15 bits per heavy atom. The van der Waals surface area contributed by atoms with Crippen molar-refractivity contribution in [3.63, 3.8) is 0 Å². The van der Waals surface area contributed by atoms with Crippen molar-refractivity contribution in [1.29, 1.82) is 0 Å². The van der Waals surface area contributed by atoms with E-state index in [-0.39, 0.29) is 0 Å². The molecule has 3 aromatic rings. The van der Waals surface area contributed by atoms with E-state index in [1.807, 2.05) is 31.2 Å². The second-order valence-electron chi connectivity index (χ2n) is 4.54. The van der Waals surface area contributed by atoms with Gasteiger partial charge in [0.05, 0.1) is 33.2 Å². The predicted molar refractivity (Wildman–Crippen MR) is 86.1 cm³/mol. The molecule has 3 rings (SSSR count). The van der Waals surface area contributed by atoms with Crippen molar-refractivity contribution in [3.8, 4) is 0 Å². The first-order valence-electron chi connectivity index (χ1n) is 6.17. The van der Waals surface area contributed by atoms with Gasteiger partial charge in [0.15, 0.2) is 0 Å². The average Bonchev–Trinajstić information content (AvgIpc) is 2.43. The summed E-state index contributed by atoms with van der Waals surface area (Å²) in [6.45, 7) is 1.98. The molecule has 0 fully saturated rings. The highest BCUT2D eigenvalue weighted by Gasteiger charge is 2.08. The van der Waals surface area contributed by atoms with Crippen molar-refractivity contribution < 1.29 is 0 Å². The van der Waals surface area contributed by atoms with Crippen LogP contribution >= 0.6 is 15.9 Å². The van der Waals surface area contributed by atoms with Gasteiger partial charge >= 0.3 is 0 Å². The summed E-state index contributed by atoms with van der Waals surface area (Å²) in [5, 5.41) is 4.42. The van der Waals surface area contributed by atoms with Gasteiger partial charge in [-0.2, -0.15) is 0 Å². The van der Waals surface area contributed by atoms with Crippen LogP contribution in [0.1, 0.15) is 5.69 Å². The zero-order chi connectivity index (χ0) is 14.1. The van der Waals surface area contributed by atoms with E-state index in [4.69, 9.17) is 5.73 Å². The Balaban J connectivity index is 2.13. The molecule has 1 aromatic carbocycles. The fourth-order valence-corrected chi connectivity index (χ4v) is 2.51. The van der Waals surface area contributed by atoms with Crippen molar-refractivity contribution in [2.45, 2.75) is 6.92 Å². The summed E-state index contributed by atoms with van der Waals surface area (Å²) in [6.07, 6.45) is 3.33. The molecule has 0 atom stereocenters. The fraction of sp³-hybridized carbons (Fsp3) is 0.0667. The van der Waals surface area contributed by atoms with Gasteiger partial charge in [-0.1, -0.05) is 18.2 Å². The van der Waals surface area contributed by atoms with Crippen molar-refractivity contribution in [2.75, 3.05) is 11.1 Å². The van der Waals surface area contributed by atoms with Gasteiger partial charge in [-0.05, 0) is 35.0 Å². The van der Waals surface area contributed by atoms with Gasteiger partial charge in [0.25, 0.3) is 0 Å². The van der Waals surface area contributed by atoms with Gasteiger partial charge in [-0.15, -0.1) is 0 Å². The normalized spacial score (nSPS) is 10.7. The Labute approximate surface area is 125 Å². The lowest BCUT2D eigenvalue weighted by molar-refractivity contribution is 1.25. The Bertz CT molecular complexity index is 766. The van der Waals surface area contributed by atoms with Gasteiger partial charge < -0.3 is 11.1 Å². The largest absolute Gasteiger partial charge is 0.396 e. The van der Waals surface area contributed by atoms with Gasteiger partial charge in [0, 0.05) is 17.3 Å². The first-order chi connectivity index (χ1) is 9.65. The number of hydrogen-bond donors (Lipinski definition) is 2. The van der Waals surface area contributed by atoms with Gasteiger partial charge in [-0.25, -0.2) is 0 Å². The summed E-state index contributed by atoms with van der Waals surface area (Å²) in [6, 6.07) is 10.1. The van der Waals surface area contributed by atoms with E-state index in [1.165, 1.54) is 0 Å². The molecule has 2 aromatic heterocycles. The van der Waals surface area contributed by atoms with Crippen LogP contribution in [-0.2, 0) is 0 Å². The van der Waals surface area contributed by atoms with Crippen LogP contribution in [0.3, 0.4) is 0 Å². The zero-order valence-electron chi connectivity index (χ0n) is 10.9. The maximum Gasteiger partial charge on any atom is 0.0939 e. The lowest BCUT2D eigenvalue weighted by atomic mass is 10.1. The molecule has 0 saturated carbocycles. The second-order valence-corrected chi connectivity index (χ2v) is 5.39. The number of benzene rings is 1. The smallest absolute Gasteiger partial charge is 0.0939 e. The minimum Gasteiger partial charge on any atom is -0.396 e. The summed E-state index contributed by atoms with van der Waals surface area (Å²) in [5.74, 6) is 0. The maximum atomic E-state index is 5.97. The number of pyridine rings is 2. The molecule has 0 radical (unpaired) electrons. The topological polar surface area (TPSA) is 63.8 Å². The number of nitrogen functional groups attached to an aromatic ring is 1. The number of halogens is 1. The van der Waals surface area contributed by atoms with E-state index >= 15 is 0 Å². The molecule has 0 aliphatic carbocycles. The molecule has 4 nitrogen and oxygen atoms in total. The Kier molecular flexibility index (Phi) is 3.28. The average molecular weight is 329 g/mol. The molecule has 0 aliphatic heterocycles. The monoisotopic (exact) mass is 328 g/mol. The third-order valence-electron chi connectivity index (χ3n) is 3.05. The predicted octanol–water partition coefficient (Wildman–Crippen LogP) is 4.03. The summed E-state index contributed by atoms with van der Waals surface area (Å²) in [4.78, 5) is 8.63. The minimum absolute atomic E-state index is 0.587. The van der Waals surface area contributed by atoms with E-state index < -0.39 is 0 Å². The third-order valence-corrected chi connectivity index (χ3v) is 3.65. The maximum absolute atomic E-state index is 5.97. The number of rotatable bonds is 2. The quantitative estimate of drug-likeness (QED) is 0.745. The number of para-hydroxylation sites is 1. The zero-order valence-corrected chi connectivity index (χ0v) is 12.5. The van der Waals surface area contributed by atoms with E-state index in [2.05, 4.69) is 37.3 Å². The Morgan fingerprint density at radius 3 is 2.80 bits per heavy atom. The van der Waals surface area contributed by atoms with Gasteiger partial charge in [0.1, 0.15) is 0 Å². The number of aromatic nitrogens is 2. The molecule has 0 unspecified atom stereocenters. The second kappa shape index (κ2) is 5.09. The van der Waals surface area contributed by atoms with Crippen LogP contribution in [0.25, 0.3) is 10.9 Å². The van der Waals surface area contributed by atoms with Crippen LogP contribution in [0, 0.1) is 6.92 Å². The molecule has 20 heavy (non-hydrogen) atoms. The molecule has 0 bridgehead atoms. The van der Waals surface area contributed by atoms with E-state index in [1.54, 1.807) is 12.4 Å². The summed E-state index contributed by atoms with van der Waals surface area (Å²) in [7, 11) is 0. The molecule has 0 amide bonds. The SMILES string of the molecule is Cc1ccc2cccc(Nc3c(N)cncc3Br)c2n1. The highest BCUT2D eigenvalue weighted by molar-refractivity contribution is 9.10. The molecule has 2 heterocycles. The third kappa shape index (κ3) is 2.32. The van der Waals surface area contributed by atoms with Crippen LogP contribution in [0.2, 0.25) is 0 Å². The van der Waals surface area contributed by atoms with Crippen molar-refractivity contribution in [3.05, 3.63) is 52.9 Å². The highest BCUT2D eigenvalue weighted by atomic mass is 79.9. The summed E-state index contributed by atoms with van der Waals surface area (Å²) in [5.41, 5.74) is 10.2. The fourth-order valence-electron chi connectivity index (χ4n) is 2.06. The summed E-state index contributed by atoms with van der Waals surface area (Å²) >= 11 is 3.46. The van der Waals surface area contributed by atoms with Crippen LogP contribution in [0.5, 0.6) is 0 Å². The van der Waals surface area contributed by atoms with E-state index in [0.29, 0.717) is 5.69 Å². The van der Waals surface area contributed by atoms with E-state index in [0.717, 1.165) is 32.4 Å². The molecule has 0 spiro atoms. The number of nitrogens with two attached hydrogens (primary N) is 1. The minimum atomic E-state index is 0.587. The number of nitrogens with one attached hydrogen (secondary N) is 1. The molecule has 100 valence electrons. The first kappa shape index (κ1) is 12.9. The van der Waals surface area contributed by atoms with Crippen molar-refractivity contribution in [2.24, 2.45) is 0 Å². The van der Waals surface area contributed by atoms with Crippen LogP contribution < -0.4 is 11.1 Å². The van der Waals surface area contributed by atoms with Crippen LogP contribution in [-0.4, -0.2) is 9.97 Å². The highest BCUT2D eigenvalue weighted by Crippen LogP contribution is 2.32. The van der Waals surface area contributed by atoms with Crippen LogP contribution in [0.15, 0.2) is 47.2 Å². The number of hydrogen-bond acceptors (Lipinski definition) is 4. The summed E-state index contributed by atoms with van der Waals surface area (Å²) < 4.78 is 0.821. The van der Waals surface area contributed by atoms with Crippen LogP contribution in [0.4, 0.5) is 17.1 Å². The molecular formula is C15H13BrN4. The van der Waals surface area contributed by atoms with Crippen molar-refractivity contribution >= 4 is 43.9 Å². The number of nitrogens with zero attached hydrogens (tertiary/aromatic N) is 2. The molecule has 5 heteroatoms. The molecular weight excluding hydrogens is 316 g/mol. The number of fused-ring (bicyclic) bond motifs is 1. The first-order valence-corrected chi connectivity index (χ1v) is 6.97. The molecule has 0 aliphatic rings. The van der Waals surface area contributed by atoms with Gasteiger partial charge in [-0.3, -0.25) is 9.97 Å². The van der Waals surface area contributed by atoms with Gasteiger partial charge in [0.2, 0.25) is 0 Å².